The Kier molecular flexibility index (Phi) is 4.73. The van der Waals surface area contributed by atoms with Crippen molar-refractivity contribution in [1.29, 1.82) is 0 Å². The summed E-state index contributed by atoms with van der Waals surface area (Å²) in [7, 11) is 0. The molecule has 2 N–H and O–H groups in total. The van der Waals surface area contributed by atoms with Crippen molar-refractivity contribution in [2.24, 2.45) is 0 Å². The maximum atomic E-state index is 12.2. The standard InChI is InChI=1S/C14H13ClN6OS/c1-8(12(22)17-6-9-3-2-4-16-5-9)23-13-10-11(19-7-18-10)20-14(15)21-13/h2-5,7-8H,6H2,1H3,(H,17,22)(H,18,19,20,21)/t8-/m1/s1. The number of halogens is 1. The van der Waals surface area contributed by atoms with Crippen molar-refractivity contribution in [2.75, 3.05) is 0 Å². The number of imidazole rings is 1. The highest BCUT2D eigenvalue weighted by molar-refractivity contribution is 8.00. The van der Waals surface area contributed by atoms with Crippen molar-refractivity contribution in [2.45, 2.75) is 23.7 Å². The number of carbonyl (C=O) groups excluding carboxylic acids is 1. The zero-order chi connectivity index (χ0) is 16.2. The molecule has 3 heterocycles. The van der Waals surface area contributed by atoms with E-state index in [-0.39, 0.29) is 16.4 Å². The van der Waals surface area contributed by atoms with Crippen LogP contribution < -0.4 is 5.32 Å². The van der Waals surface area contributed by atoms with E-state index in [1.165, 1.54) is 18.1 Å². The Hall–Kier alpha value is -2.19. The van der Waals surface area contributed by atoms with Gasteiger partial charge in [0.05, 0.1) is 11.6 Å². The molecule has 0 radical (unpaired) electrons. The van der Waals surface area contributed by atoms with Crippen LogP contribution >= 0.6 is 23.4 Å². The lowest BCUT2D eigenvalue weighted by Gasteiger charge is -2.11. The fourth-order valence-corrected chi connectivity index (χ4v) is 3.07. The molecule has 1 amide bonds. The molecule has 0 aliphatic rings. The molecule has 0 fully saturated rings. The van der Waals surface area contributed by atoms with E-state index < -0.39 is 0 Å². The van der Waals surface area contributed by atoms with E-state index in [0.717, 1.165) is 5.56 Å². The maximum Gasteiger partial charge on any atom is 0.233 e. The summed E-state index contributed by atoms with van der Waals surface area (Å²) in [6.45, 7) is 2.24. The number of hydrogen-bond donors (Lipinski definition) is 2. The number of carbonyl (C=O) groups is 1. The van der Waals surface area contributed by atoms with E-state index in [0.29, 0.717) is 22.7 Å². The van der Waals surface area contributed by atoms with Gasteiger partial charge in [0.25, 0.3) is 0 Å². The van der Waals surface area contributed by atoms with Gasteiger partial charge >= 0.3 is 0 Å². The fraction of sp³-hybridized carbons (Fsp3) is 0.214. The van der Waals surface area contributed by atoms with E-state index in [1.807, 2.05) is 19.1 Å². The van der Waals surface area contributed by atoms with E-state index in [4.69, 9.17) is 11.6 Å². The highest BCUT2D eigenvalue weighted by Gasteiger charge is 2.18. The van der Waals surface area contributed by atoms with Crippen LogP contribution in [0, 0.1) is 0 Å². The van der Waals surface area contributed by atoms with Crippen LogP contribution in [-0.4, -0.2) is 36.1 Å². The number of nitrogens with zero attached hydrogens (tertiary/aromatic N) is 4. The quantitative estimate of drug-likeness (QED) is 0.417. The van der Waals surface area contributed by atoms with Crippen molar-refractivity contribution in [3.05, 3.63) is 41.7 Å². The van der Waals surface area contributed by atoms with Gasteiger partial charge in [-0.1, -0.05) is 17.8 Å². The molecule has 9 heteroatoms. The number of thioether (sulfide) groups is 1. The summed E-state index contributed by atoms with van der Waals surface area (Å²) in [6, 6.07) is 3.74. The molecule has 1 atom stereocenters. The number of nitrogens with one attached hydrogen (secondary N) is 2. The predicted molar refractivity (Wildman–Crippen MR) is 88.1 cm³/mol. The zero-order valence-electron chi connectivity index (χ0n) is 12.2. The van der Waals surface area contributed by atoms with Crippen LogP contribution in [0.2, 0.25) is 5.28 Å². The van der Waals surface area contributed by atoms with Crippen molar-refractivity contribution in [1.82, 2.24) is 30.2 Å². The lowest BCUT2D eigenvalue weighted by Crippen LogP contribution is -2.30. The Labute approximate surface area is 141 Å². The molecule has 0 bridgehead atoms. The molecule has 0 aliphatic heterocycles. The number of H-pyrrole nitrogens is 1. The molecule has 0 aromatic carbocycles. The lowest BCUT2D eigenvalue weighted by atomic mass is 10.3. The average Bonchev–Trinajstić information content (AvgIpc) is 3.02. The molecule has 118 valence electrons. The SMILES string of the molecule is C[C@@H](Sc1nc(Cl)nc2nc[nH]c12)C(=O)NCc1cccnc1. The van der Waals surface area contributed by atoms with E-state index in [9.17, 15) is 4.79 Å². The molecule has 0 spiro atoms. The van der Waals surface area contributed by atoms with Gasteiger partial charge in [0.15, 0.2) is 5.65 Å². The minimum Gasteiger partial charge on any atom is -0.351 e. The van der Waals surface area contributed by atoms with Crippen molar-refractivity contribution in [3.8, 4) is 0 Å². The fourth-order valence-electron chi connectivity index (χ4n) is 1.92. The number of aromatic nitrogens is 5. The van der Waals surface area contributed by atoms with Crippen LogP contribution in [0.25, 0.3) is 11.2 Å². The van der Waals surface area contributed by atoms with Crippen molar-refractivity contribution < 1.29 is 4.79 Å². The molecular weight excluding hydrogens is 336 g/mol. The zero-order valence-corrected chi connectivity index (χ0v) is 13.7. The summed E-state index contributed by atoms with van der Waals surface area (Å²) in [6.07, 6.45) is 4.93. The van der Waals surface area contributed by atoms with E-state index in [1.54, 1.807) is 12.4 Å². The molecule has 0 unspecified atom stereocenters. The first-order valence-corrected chi connectivity index (χ1v) is 8.09. The number of amides is 1. The molecule has 3 aromatic heterocycles. The first-order valence-electron chi connectivity index (χ1n) is 6.83. The lowest BCUT2D eigenvalue weighted by molar-refractivity contribution is -0.120. The molecule has 0 saturated carbocycles. The van der Waals surface area contributed by atoms with Gasteiger partial charge in [0.2, 0.25) is 11.2 Å². The Bertz CT molecular complexity index is 825. The number of fused-ring (bicyclic) bond motifs is 1. The second-order valence-electron chi connectivity index (χ2n) is 4.74. The third-order valence-electron chi connectivity index (χ3n) is 3.07. The van der Waals surface area contributed by atoms with Crippen LogP contribution in [0.3, 0.4) is 0 Å². The predicted octanol–water partition coefficient (Wildman–Crippen LogP) is 2.20. The second kappa shape index (κ2) is 6.93. The largest absolute Gasteiger partial charge is 0.351 e. The first-order chi connectivity index (χ1) is 11.1. The number of aromatic amines is 1. The number of hydrogen-bond acceptors (Lipinski definition) is 6. The van der Waals surface area contributed by atoms with Crippen LogP contribution in [-0.2, 0) is 11.3 Å². The van der Waals surface area contributed by atoms with Gasteiger partial charge in [-0.25, -0.2) is 9.97 Å². The summed E-state index contributed by atoms with van der Waals surface area (Å²) in [4.78, 5) is 31.4. The third kappa shape index (κ3) is 3.77. The smallest absolute Gasteiger partial charge is 0.233 e. The highest BCUT2D eigenvalue weighted by atomic mass is 35.5. The average molecular weight is 349 g/mol. The van der Waals surface area contributed by atoms with E-state index in [2.05, 4.69) is 30.2 Å². The Morgan fingerprint density at radius 2 is 2.35 bits per heavy atom. The monoisotopic (exact) mass is 348 g/mol. The van der Waals surface area contributed by atoms with Gasteiger partial charge in [-0.3, -0.25) is 9.78 Å². The Morgan fingerprint density at radius 1 is 1.48 bits per heavy atom. The molecule has 3 rings (SSSR count). The normalized spacial score (nSPS) is 12.3. The Balaban J connectivity index is 1.67. The minimum atomic E-state index is -0.343. The van der Waals surface area contributed by atoms with Crippen LogP contribution in [0.5, 0.6) is 0 Å². The van der Waals surface area contributed by atoms with Gasteiger partial charge in [-0.05, 0) is 30.2 Å². The third-order valence-corrected chi connectivity index (χ3v) is 4.33. The molecular formula is C14H13ClN6OS. The number of rotatable bonds is 5. The molecule has 0 saturated heterocycles. The van der Waals surface area contributed by atoms with Gasteiger partial charge in [-0.15, -0.1) is 0 Å². The van der Waals surface area contributed by atoms with Crippen molar-refractivity contribution in [3.63, 3.8) is 0 Å². The van der Waals surface area contributed by atoms with Gasteiger partial charge < -0.3 is 10.3 Å². The minimum absolute atomic E-state index is 0.0961. The highest BCUT2D eigenvalue weighted by Crippen LogP contribution is 2.27. The van der Waals surface area contributed by atoms with Gasteiger partial charge in [-0.2, -0.15) is 4.98 Å². The van der Waals surface area contributed by atoms with E-state index >= 15 is 0 Å². The first kappa shape index (κ1) is 15.7. The molecule has 23 heavy (non-hydrogen) atoms. The van der Waals surface area contributed by atoms with Crippen molar-refractivity contribution >= 4 is 40.4 Å². The molecule has 3 aromatic rings. The topological polar surface area (TPSA) is 96.5 Å². The Morgan fingerprint density at radius 3 is 3.13 bits per heavy atom. The molecule has 0 aliphatic carbocycles. The summed E-state index contributed by atoms with van der Waals surface area (Å²) in [5.74, 6) is -0.0961. The van der Waals surface area contributed by atoms with Crippen LogP contribution in [0.15, 0.2) is 35.9 Å². The summed E-state index contributed by atoms with van der Waals surface area (Å²) >= 11 is 7.19. The van der Waals surface area contributed by atoms with Crippen LogP contribution in [0.1, 0.15) is 12.5 Å². The summed E-state index contributed by atoms with van der Waals surface area (Å²) in [5.41, 5.74) is 2.10. The van der Waals surface area contributed by atoms with Gasteiger partial charge in [0, 0.05) is 18.9 Å². The van der Waals surface area contributed by atoms with Gasteiger partial charge in [0.1, 0.15) is 10.5 Å². The molecule has 7 nitrogen and oxygen atoms in total. The second-order valence-corrected chi connectivity index (χ2v) is 6.41. The summed E-state index contributed by atoms with van der Waals surface area (Å²) in [5, 5.41) is 3.24. The number of pyridine rings is 1. The maximum absolute atomic E-state index is 12.2. The summed E-state index contributed by atoms with van der Waals surface area (Å²) < 4.78 is 0. The van der Waals surface area contributed by atoms with Crippen LogP contribution in [0.4, 0.5) is 0 Å².